The third-order valence-electron chi connectivity index (χ3n) is 3.58. The summed E-state index contributed by atoms with van der Waals surface area (Å²) in [5, 5.41) is 0. The van der Waals surface area contributed by atoms with Gasteiger partial charge in [-0.05, 0) is 48.4 Å². The number of carbonyl (C=O) groups excluding carboxylic acids is 1. The van der Waals surface area contributed by atoms with Gasteiger partial charge in [-0.3, -0.25) is 4.79 Å². The second-order valence-electron chi connectivity index (χ2n) is 4.88. The van der Waals surface area contributed by atoms with Crippen LogP contribution in [0.5, 0.6) is 23.0 Å². The summed E-state index contributed by atoms with van der Waals surface area (Å²) in [4.78, 5) is 11.9. The van der Waals surface area contributed by atoms with Gasteiger partial charge in [-0.25, -0.2) is 0 Å². The maximum Gasteiger partial charge on any atom is 0.203 e. The second kappa shape index (κ2) is 7.05. The first-order valence-corrected chi connectivity index (χ1v) is 7.05. The molecule has 5 nitrogen and oxygen atoms in total. The molecular weight excluding hydrogens is 296 g/mol. The van der Waals surface area contributed by atoms with Crippen LogP contribution in [0.2, 0.25) is 0 Å². The molecule has 0 saturated heterocycles. The molecule has 0 radical (unpaired) electrons. The number of hydrogen-bond acceptors (Lipinski definition) is 5. The minimum absolute atomic E-state index is 0.0311. The number of benzene rings is 2. The lowest BCUT2D eigenvalue weighted by atomic mass is 9.96. The molecule has 5 heteroatoms. The maximum atomic E-state index is 11.9. The van der Waals surface area contributed by atoms with Gasteiger partial charge in [-0.2, -0.15) is 0 Å². The molecule has 0 unspecified atom stereocenters. The van der Waals surface area contributed by atoms with Crippen LogP contribution in [0.1, 0.15) is 17.3 Å². The zero-order chi connectivity index (χ0) is 17.0. The Kier molecular flexibility index (Phi) is 5.11. The zero-order valence-corrected chi connectivity index (χ0v) is 13.9. The van der Waals surface area contributed by atoms with Crippen LogP contribution in [0.25, 0.3) is 11.1 Å². The highest BCUT2D eigenvalue weighted by atomic mass is 16.5. The lowest BCUT2D eigenvalue weighted by Gasteiger charge is -2.16. The van der Waals surface area contributed by atoms with Crippen LogP contribution in [-0.4, -0.2) is 34.2 Å². The Morgan fingerprint density at radius 1 is 0.826 bits per heavy atom. The number of hydrogen-bond donors (Lipinski definition) is 0. The molecule has 0 aliphatic carbocycles. The Hall–Kier alpha value is -2.69. The predicted molar refractivity (Wildman–Crippen MR) is 88.1 cm³/mol. The summed E-state index contributed by atoms with van der Waals surface area (Å²) in [5.41, 5.74) is 2.12. The van der Waals surface area contributed by atoms with Crippen molar-refractivity contribution in [2.45, 2.75) is 6.92 Å². The highest BCUT2D eigenvalue weighted by Gasteiger charge is 2.17. The first-order valence-electron chi connectivity index (χ1n) is 7.05. The number of carbonyl (C=O) groups is 1. The van der Waals surface area contributed by atoms with Crippen molar-refractivity contribution < 1.29 is 23.7 Å². The largest absolute Gasteiger partial charge is 0.497 e. The standard InChI is InChI=1S/C18H20O5/c1-11(19)14-7-6-13(20-2)10-15(14)12-8-16(21-3)18(23-5)17(9-12)22-4/h6-10H,1-5H3. The highest BCUT2D eigenvalue weighted by molar-refractivity contribution is 6.01. The van der Waals surface area contributed by atoms with Gasteiger partial charge in [0.05, 0.1) is 28.4 Å². The van der Waals surface area contributed by atoms with Crippen molar-refractivity contribution in [2.75, 3.05) is 28.4 Å². The van der Waals surface area contributed by atoms with Crippen LogP contribution in [-0.2, 0) is 0 Å². The Balaban J connectivity index is 2.72. The molecule has 0 saturated carbocycles. The average Bonchev–Trinajstić information content (AvgIpc) is 2.59. The Bertz CT molecular complexity index is 696. The van der Waals surface area contributed by atoms with E-state index in [1.54, 1.807) is 40.6 Å². The van der Waals surface area contributed by atoms with Crippen LogP contribution in [0.3, 0.4) is 0 Å². The van der Waals surface area contributed by atoms with E-state index in [0.29, 0.717) is 28.6 Å². The Morgan fingerprint density at radius 2 is 1.43 bits per heavy atom. The highest BCUT2D eigenvalue weighted by Crippen LogP contribution is 2.42. The van der Waals surface area contributed by atoms with Gasteiger partial charge in [0, 0.05) is 5.56 Å². The SMILES string of the molecule is COc1ccc(C(C)=O)c(-c2cc(OC)c(OC)c(OC)c2)c1. The molecule has 122 valence electrons. The third-order valence-corrected chi connectivity index (χ3v) is 3.58. The van der Waals surface area contributed by atoms with E-state index in [0.717, 1.165) is 11.1 Å². The molecule has 0 N–H and O–H groups in total. The van der Waals surface area contributed by atoms with Crippen LogP contribution in [0, 0.1) is 0 Å². The molecule has 2 aromatic carbocycles. The zero-order valence-electron chi connectivity index (χ0n) is 13.9. The first kappa shape index (κ1) is 16.7. The van der Waals surface area contributed by atoms with Crippen molar-refractivity contribution >= 4 is 5.78 Å². The number of methoxy groups -OCH3 is 4. The molecule has 2 aromatic rings. The van der Waals surface area contributed by atoms with E-state index >= 15 is 0 Å². The fourth-order valence-electron chi connectivity index (χ4n) is 2.43. The fourth-order valence-corrected chi connectivity index (χ4v) is 2.43. The molecule has 0 amide bonds. The quantitative estimate of drug-likeness (QED) is 0.762. The van der Waals surface area contributed by atoms with Crippen LogP contribution >= 0.6 is 0 Å². The minimum Gasteiger partial charge on any atom is -0.497 e. The van der Waals surface area contributed by atoms with Gasteiger partial charge in [0.25, 0.3) is 0 Å². The van der Waals surface area contributed by atoms with Crippen molar-refractivity contribution in [1.82, 2.24) is 0 Å². The molecule has 23 heavy (non-hydrogen) atoms. The van der Waals surface area contributed by atoms with E-state index in [1.165, 1.54) is 6.92 Å². The predicted octanol–water partition coefficient (Wildman–Crippen LogP) is 3.59. The van der Waals surface area contributed by atoms with Crippen LogP contribution in [0.15, 0.2) is 30.3 Å². The monoisotopic (exact) mass is 316 g/mol. The van der Waals surface area contributed by atoms with Gasteiger partial charge in [0.15, 0.2) is 17.3 Å². The lowest BCUT2D eigenvalue weighted by Crippen LogP contribution is -1.99. The first-order chi connectivity index (χ1) is 11.0. The van der Waals surface area contributed by atoms with Crippen molar-refractivity contribution in [3.05, 3.63) is 35.9 Å². The summed E-state index contributed by atoms with van der Waals surface area (Å²) in [6.07, 6.45) is 0. The summed E-state index contributed by atoms with van der Waals surface area (Å²) in [6, 6.07) is 8.94. The van der Waals surface area contributed by atoms with Crippen molar-refractivity contribution in [3.63, 3.8) is 0 Å². The Labute approximate surface area is 135 Å². The molecular formula is C18H20O5. The smallest absolute Gasteiger partial charge is 0.203 e. The van der Waals surface area contributed by atoms with Crippen molar-refractivity contribution in [2.24, 2.45) is 0 Å². The molecule has 0 aliphatic rings. The van der Waals surface area contributed by atoms with E-state index in [1.807, 2.05) is 18.2 Å². The molecule has 0 atom stereocenters. The van der Waals surface area contributed by atoms with E-state index in [4.69, 9.17) is 18.9 Å². The molecule has 0 aliphatic heterocycles. The number of ether oxygens (including phenoxy) is 4. The number of ketones is 1. The van der Waals surface area contributed by atoms with Crippen LogP contribution in [0.4, 0.5) is 0 Å². The van der Waals surface area contributed by atoms with Crippen molar-refractivity contribution in [1.29, 1.82) is 0 Å². The fraction of sp³-hybridized carbons (Fsp3) is 0.278. The molecule has 0 bridgehead atoms. The average molecular weight is 316 g/mol. The normalized spacial score (nSPS) is 10.1. The Morgan fingerprint density at radius 3 is 1.87 bits per heavy atom. The summed E-state index contributed by atoms with van der Waals surface area (Å²) in [5.74, 6) is 2.19. The van der Waals surface area contributed by atoms with Gasteiger partial charge >= 0.3 is 0 Å². The minimum atomic E-state index is -0.0311. The van der Waals surface area contributed by atoms with Gasteiger partial charge < -0.3 is 18.9 Å². The summed E-state index contributed by atoms with van der Waals surface area (Å²) < 4.78 is 21.4. The topological polar surface area (TPSA) is 54.0 Å². The van der Waals surface area contributed by atoms with E-state index in [-0.39, 0.29) is 5.78 Å². The van der Waals surface area contributed by atoms with E-state index in [2.05, 4.69) is 0 Å². The van der Waals surface area contributed by atoms with Gasteiger partial charge in [-0.15, -0.1) is 0 Å². The molecule has 0 heterocycles. The molecule has 0 aromatic heterocycles. The van der Waals surface area contributed by atoms with Gasteiger partial charge in [0.2, 0.25) is 5.75 Å². The van der Waals surface area contributed by atoms with Crippen molar-refractivity contribution in [3.8, 4) is 34.1 Å². The van der Waals surface area contributed by atoms with Gasteiger partial charge in [-0.1, -0.05) is 0 Å². The van der Waals surface area contributed by atoms with E-state index in [9.17, 15) is 4.79 Å². The number of Topliss-reactive ketones (excluding diaryl/α,β-unsaturated/α-hetero) is 1. The second-order valence-corrected chi connectivity index (χ2v) is 4.88. The molecule has 0 fully saturated rings. The maximum absolute atomic E-state index is 11.9. The summed E-state index contributed by atoms with van der Waals surface area (Å²) in [7, 11) is 6.24. The third kappa shape index (κ3) is 3.23. The lowest BCUT2D eigenvalue weighted by molar-refractivity contribution is 0.101. The molecule has 0 spiro atoms. The number of rotatable bonds is 6. The summed E-state index contributed by atoms with van der Waals surface area (Å²) >= 11 is 0. The molecule has 2 rings (SSSR count). The van der Waals surface area contributed by atoms with Gasteiger partial charge in [0.1, 0.15) is 5.75 Å². The van der Waals surface area contributed by atoms with E-state index < -0.39 is 0 Å². The van der Waals surface area contributed by atoms with Crippen LogP contribution < -0.4 is 18.9 Å². The summed E-state index contributed by atoms with van der Waals surface area (Å²) in [6.45, 7) is 1.53.